The van der Waals surface area contributed by atoms with Gasteiger partial charge >= 0.3 is 12.7 Å². The molecule has 0 fully saturated rings. The Kier molecular flexibility index (Phi) is 5.88. The first-order valence-electron chi connectivity index (χ1n) is 8.37. The monoisotopic (exact) mass is 429 g/mol. The predicted octanol–water partition coefficient (Wildman–Crippen LogP) is 5.71. The molecule has 0 saturated carbocycles. The summed E-state index contributed by atoms with van der Waals surface area (Å²) in [6.07, 6.45) is -8.71. The number of benzene rings is 2. The molecule has 158 valence electrons. The van der Waals surface area contributed by atoms with Gasteiger partial charge in [-0.15, -0.1) is 26.3 Å². The Morgan fingerprint density at radius 3 is 1.77 bits per heavy atom. The molecule has 0 unspecified atom stereocenters. The van der Waals surface area contributed by atoms with Crippen molar-refractivity contribution in [3.05, 3.63) is 66.5 Å². The lowest BCUT2D eigenvalue weighted by atomic mass is 9.98. The van der Waals surface area contributed by atoms with Crippen LogP contribution in [0, 0.1) is 0 Å². The molecule has 0 atom stereocenters. The van der Waals surface area contributed by atoms with E-state index in [1.807, 2.05) is 0 Å². The highest BCUT2D eigenvalue weighted by molar-refractivity contribution is 5.79. The smallest absolute Gasteiger partial charge is 0.405 e. The number of rotatable bonds is 5. The predicted molar refractivity (Wildman–Crippen MR) is 94.4 cm³/mol. The van der Waals surface area contributed by atoms with Gasteiger partial charge in [0.2, 0.25) is 0 Å². The lowest BCUT2D eigenvalue weighted by Gasteiger charge is -2.17. The van der Waals surface area contributed by atoms with E-state index in [-0.39, 0.29) is 27.9 Å². The molecule has 4 nitrogen and oxygen atoms in total. The number of halogens is 6. The van der Waals surface area contributed by atoms with E-state index in [1.165, 1.54) is 48.7 Å². The second kappa shape index (κ2) is 8.23. The summed E-state index contributed by atoms with van der Waals surface area (Å²) in [6, 6.07) is 11.8. The molecule has 0 aliphatic carbocycles. The second-order valence-electron chi connectivity index (χ2n) is 5.96. The van der Waals surface area contributed by atoms with Crippen LogP contribution in [0.4, 0.5) is 26.3 Å². The number of hydrogen-bond donors (Lipinski definition) is 1. The van der Waals surface area contributed by atoms with Crippen molar-refractivity contribution in [2.75, 3.05) is 0 Å². The van der Waals surface area contributed by atoms with Gasteiger partial charge in [0.1, 0.15) is 11.5 Å². The van der Waals surface area contributed by atoms with Crippen molar-refractivity contribution in [3.63, 3.8) is 0 Å². The van der Waals surface area contributed by atoms with Crippen molar-refractivity contribution in [3.8, 4) is 33.8 Å². The van der Waals surface area contributed by atoms with Gasteiger partial charge in [0.25, 0.3) is 0 Å². The van der Waals surface area contributed by atoms with Crippen molar-refractivity contribution in [2.45, 2.75) is 19.3 Å². The average molecular weight is 429 g/mol. The number of alkyl halides is 6. The Morgan fingerprint density at radius 1 is 0.733 bits per heavy atom. The summed E-state index contributed by atoms with van der Waals surface area (Å²) in [5.74, 6) is -1.05. The number of aliphatic hydroxyl groups excluding tert-OH is 1. The van der Waals surface area contributed by atoms with Crippen molar-refractivity contribution in [2.24, 2.45) is 0 Å². The van der Waals surface area contributed by atoms with Gasteiger partial charge in [0.05, 0.1) is 12.3 Å². The number of nitrogens with zero attached hydrogens (tertiary/aromatic N) is 1. The molecular formula is C20H13F6NO3. The third-order valence-electron chi connectivity index (χ3n) is 3.95. The van der Waals surface area contributed by atoms with Crippen molar-refractivity contribution in [1.82, 2.24) is 4.98 Å². The van der Waals surface area contributed by atoms with Crippen LogP contribution in [0.3, 0.4) is 0 Å². The maximum absolute atomic E-state index is 12.8. The first-order chi connectivity index (χ1) is 14.1. The van der Waals surface area contributed by atoms with Crippen LogP contribution in [0.2, 0.25) is 0 Å². The van der Waals surface area contributed by atoms with Crippen LogP contribution in [-0.2, 0) is 6.61 Å². The molecular weight excluding hydrogens is 416 g/mol. The van der Waals surface area contributed by atoms with Gasteiger partial charge in [-0.3, -0.25) is 4.98 Å². The molecule has 0 spiro atoms. The highest BCUT2D eigenvalue weighted by Crippen LogP contribution is 2.39. The number of aromatic nitrogens is 1. The minimum absolute atomic E-state index is 0.0160. The molecule has 1 aromatic heterocycles. The maximum atomic E-state index is 12.8. The summed E-state index contributed by atoms with van der Waals surface area (Å²) >= 11 is 0. The van der Waals surface area contributed by atoms with Crippen LogP contribution in [0.1, 0.15) is 5.69 Å². The van der Waals surface area contributed by atoms with Gasteiger partial charge in [-0.05, 0) is 18.2 Å². The fourth-order valence-corrected chi connectivity index (χ4v) is 2.82. The normalized spacial score (nSPS) is 12.0. The third kappa shape index (κ3) is 5.20. The Balaban J connectivity index is 2.14. The Hall–Kier alpha value is -3.27. The molecule has 30 heavy (non-hydrogen) atoms. The molecule has 1 N–H and O–H groups in total. The molecule has 0 radical (unpaired) electrons. The van der Waals surface area contributed by atoms with E-state index in [0.29, 0.717) is 0 Å². The number of hydrogen-bond acceptors (Lipinski definition) is 4. The number of para-hydroxylation sites is 2. The number of ether oxygens (including phenoxy) is 2. The lowest BCUT2D eigenvalue weighted by molar-refractivity contribution is -0.275. The van der Waals surface area contributed by atoms with E-state index in [1.54, 1.807) is 0 Å². The molecule has 0 saturated heterocycles. The molecule has 0 bridgehead atoms. The highest BCUT2D eigenvalue weighted by atomic mass is 19.4. The molecule has 0 aliphatic heterocycles. The zero-order chi connectivity index (χ0) is 21.9. The van der Waals surface area contributed by atoms with E-state index < -0.39 is 30.8 Å². The zero-order valence-electron chi connectivity index (χ0n) is 15.0. The Labute approximate surface area is 166 Å². The quantitative estimate of drug-likeness (QED) is 0.529. The minimum Gasteiger partial charge on any atom is -0.405 e. The maximum Gasteiger partial charge on any atom is 0.573 e. The fraction of sp³-hybridized carbons (Fsp3) is 0.150. The second-order valence-corrected chi connectivity index (χ2v) is 5.96. The summed E-state index contributed by atoms with van der Waals surface area (Å²) in [6.45, 7) is -0.614. The summed E-state index contributed by atoms with van der Waals surface area (Å²) in [7, 11) is 0. The fourth-order valence-electron chi connectivity index (χ4n) is 2.82. The first kappa shape index (κ1) is 21.4. The van der Waals surface area contributed by atoms with Gasteiger partial charge in [0.15, 0.2) is 0 Å². The van der Waals surface area contributed by atoms with Gasteiger partial charge < -0.3 is 14.6 Å². The zero-order valence-corrected chi connectivity index (χ0v) is 15.0. The van der Waals surface area contributed by atoms with Crippen LogP contribution in [0.25, 0.3) is 22.3 Å². The van der Waals surface area contributed by atoms with Crippen molar-refractivity contribution in [1.29, 1.82) is 0 Å². The molecule has 0 aliphatic rings. The van der Waals surface area contributed by atoms with E-state index in [2.05, 4.69) is 14.5 Å². The Morgan fingerprint density at radius 2 is 1.23 bits per heavy atom. The van der Waals surface area contributed by atoms with E-state index in [9.17, 15) is 31.4 Å². The number of pyridine rings is 1. The summed E-state index contributed by atoms with van der Waals surface area (Å²) < 4.78 is 84.5. The minimum atomic E-state index is -4.96. The SMILES string of the molecule is OCc1ncc(-c2ccccc2OC(F)(F)F)cc1-c1ccccc1OC(F)(F)F. The number of aliphatic hydroxyl groups is 1. The molecule has 10 heteroatoms. The standard InChI is InChI=1S/C20H13F6NO3/c21-19(22,23)29-17-7-3-1-5-13(17)12-9-15(16(11-28)27-10-12)14-6-2-4-8-18(14)30-20(24,25)26/h1-10,28H,11H2. The average Bonchev–Trinajstić information content (AvgIpc) is 2.66. The van der Waals surface area contributed by atoms with E-state index in [0.717, 1.165) is 12.1 Å². The topological polar surface area (TPSA) is 51.6 Å². The molecule has 2 aromatic carbocycles. The molecule has 1 heterocycles. The van der Waals surface area contributed by atoms with Crippen molar-refractivity contribution < 1.29 is 40.9 Å². The Bertz CT molecular complexity index is 1030. The van der Waals surface area contributed by atoms with E-state index >= 15 is 0 Å². The lowest BCUT2D eigenvalue weighted by Crippen LogP contribution is -2.18. The van der Waals surface area contributed by atoms with Gasteiger partial charge in [0, 0.05) is 28.5 Å². The molecule has 3 aromatic rings. The van der Waals surface area contributed by atoms with Crippen LogP contribution in [0.5, 0.6) is 11.5 Å². The first-order valence-corrected chi connectivity index (χ1v) is 8.37. The molecule has 0 amide bonds. The molecule has 3 rings (SSSR count). The van der Waals surface area contributed by atoms with Gasteiger partial charge in [-0.2, -0.15) is 0 Å². The highest BCUT2D eigenvalue weighted by Gasteiger charge is 2.33. The van der Waals surface area contributed by atoms with Crippen molar-refractivity contribution >= 4 is 0 Å². The van der Waals surface area contributed by atoms with Crippen LogP contribution < -0.4 is 9.47 Å². The largest absolute Gasteiger partial charge is 0.573 e. The van der Waals surface area contributed by atoms with Crippen LogP contribution in [0.15, 0.2) is 60.8 Å². The summed E-state index contributed by atoms with van der Waals surface area (Å²) in [5, 5.41) is 9.57. The van der Waals surface area contributed by atoms with Crippen LogP contribution >= 0.6 is 0 Å². The summed E-state index contributed by atoms with van der Waals surface area (Å²) in [4.78, 5) is 4.00. The van der Waals surface area contributed by atoms with Crippen LogP contribution in [-0.4, -0.2) is 22.8 Å². The van der Waals surface area contributed by atoms with Gasteiger partial charge in [-0.25, -0.2) is 0 Å². The van der Waals surface area contributed by atoms with E-state index in [4.69, 9.17) is 0 Å². The van der Waals surface area contributed by atoms with Gasteiger partial charge in [-0.1, -0.05) is 36.4 Å². The summed E-state index contributed by atoms with van der Waals surface area (Å²) in [5.41, 5.74) is 0.205. The third-order valence-corrected chi connectivity index (χ3v) is 3.95.